The molecule has 0 atom stereocenters. The molecule has 1 aliphatic rings. The number of carbonyl (C=O) groups excluding carboxylic acids is 2. The minimum Gasteiger partial charge on any atom is -0.462 e. The number of fused-ring (bicyclic) bond motifs is 1. The molecular formula is C14H17NO5. The van der Waals surface area contributed by atoms with Crippen molar-refractivity contribution in [1.82, 2.24) is 4.57 Å². The van der Waals surface area contributed by atoms with E-state index in [-0.39, 0.29) is 29.9 Å². The Balaban J connectivity index is 2.60. The van der Waals surface area contributed by atoms with Crippen LogP contribution in [0.25, 0.3) is 0 Å². The second-order valence-electron chi connectivity index (χ2n) is 4.41. The van der Waals surface area contributed by atoms with Crippen molar-refractivity contribution < 1.29 is 19.1 Å². The molecule has 0 saturated heterocycles. The predicted octanol–water partition coefficient (Wildman–Crippen LogP) is 1.15. The van der Waals surface area contributed by atoms with E-state index in [0.29, 0.717) is 18.7 Å². The molecule has 0 unspecified atom stereocenters. The number of pyridine rings is 1. The number of hydrogen-bond acceptors (Lipinski definition) is 5. The zero-order chi connectivity index (χ0) is 14.7. The van der Waals surface area contributed by atoms with Crippen molar-refractivity contribution in [2.45, 2.75) is 33.2 Å². The minimum absolute atomic E-state index is 0.00319. The van der Waals surface area contributed by atoms with Gasteiger partial charge in [0.15, 0.2) is 0 Å². The van der Waals surface area contributed by atoms with E-state index in [0.717, 1.165) is 6.42 Å². The number of rotatable bonds is 4. The standard InChI is InChI=1S/C14H17NO5/c1-3-19-13(17)9-8-11(16)15-7-5-6-10(15)12(9)14(18)20-4-2/h8H,3-7H2,1-2H3. The fraction of sp³-hybridized carbons (Fsp3) is 0.500. The average Bonchev–Trinajstić information content (AvgIpc) is 2.88. The molecule has 0 radical (unpaired) electrons. The summed E-state index contributed by atoms with van der Waals surface area (Å²) in [4.78, 5) is 36.0. The van der Waals surface area contributed by atoms with E-state index in [9.17, 15) is 14.4 Å². The van der Waals surface area contributed by atoms with Crippen LogP contribution in [0.3, 0.4) is 0 Å². The van der Waals surface area contributed by atoms with Crippen molar-refractivity contribution >= 4 is 11.9 Å². The molecule has 0 bridgehead atoms. The second kappa shape index (κ2) is 5.90. The van der Waals surface area contributed by atoms with Crippen molar-refractivity contribution in [3.63, 3.8) is 0 Å². The van der Waals surface area contributed by atoms with Gasteiger partial charge in [0.2, 0.25) is 0 Å². The number of esters is 2. The zero-order valence-corrected chi connectivity index (χ0v) is 11.6. The molecule has 0 aromatic carbocycles. The number of hydrogen-bond donors (Lipinski definition) is 0. The lowest BCUT2D eigenvalue weighted by Crippen LogP contribution is -2.26. The van der Waals surface area contributed by atoms with Crippen LogP contribution in [0.2, 0.25) is 0 Å². The van der Waals surface area contributed by atoms with E-state index in [2.05, 4.69) is 0 Å². The van der Waals surface area contributed by atoms with Gasteiger partial charge in [0.25, 0.3) is 5.56 Å². The highest BCUT2D eigenvalue weighted by Gasteiger charge is 2.28. The van der Waals surface area contributed by atoms with Gasteiger partial charge in [0.05, 0.1) is 24.3 Å². The Kier molecular flexibility index (Phi) is 4.22. The third-order valence-electron chi connectivity index (χ3n) is 3.19. The Morgan fingerprint density at radius 3 is 2.50 bits per heavy atom. The molecule has 20 heavy (non-hydrogen) atoms. The highest BCUT2D eigenvalue weighted by molar-refractivity contribution is 6.04. The van der Waals surface area contributed by atoms with E-state index in [1.165, 1.54) is 10.6 Å². The lowest BCUT2D eigenvalue weighted by molar-refractivity contribution is 0.0476. The highest BCUT2D eigenvalue weighted by atomic mass is 16.5. The fourth-order valence-corrected chi connectivity index (χ4v) is 2.41. The molecule has 108 valence electrons. The molecule has 2 heterocycles. The zero-order valence-electron chi connectivity index (χ0n) is 11.6. The van der Waals surface area contributed by atoms with Crippen LogP contribution in [0.1, 0.15) is 46.7 Å². The average molecular weight is 279 g/mol. The Morgan fingerprint density at radius 1 is 1.20 bits per heavy atom. The number of ether oxygens (including phenoxy) is 2. The van der Waals surface area contributed by atoms with Crippen LogP contribution in [-0.2, 0) is 22.4 Å². The van der Waals surface area contributed by atoms with Gasteiger partial charge in [-0.1, -0.05) is 0 Å². The van der Waals surface area contributed by atoms with Crippen LogP contribution in [0.4, 0.5) is 0 Å². The van der Waals surface area contributed by atoms with E-state index < -0.39 is 11.9 Å². The second-order valence-corrected chi connectivity index (χ2v) is 4.41. The van der Waals surface area contributed by atoms with Crippen LogP contribution >= 0.6 is 0 Å². The first kappa shape index (κ1) is 14.3. The first-order valence-electron chi connectivity index (χ1n) is 6.71. The van der Waals surface area contributed by atoms with Crippen molar-refractivity contribution in [1.29, 1.82) is 0 Å². The molecule has 6 heteroatoms. The van der Waals surface area contributed by atoms with Crippen LogP contribution in [0, 0.1) is 0 Å². The lowest BCUT2D eigenvalue weighted by Gasteiger charge is -2.13. The maximum absolute atomic E-state index is 12.1. The molecule has 0 N–H and O–H groups in total. The van der Waals surface area contributed by atoms with Gasteiger partial charge in [0, 0.05) is 18.3 Å². The summed E-state index contributed by atoms with van der Waals surface area (Å²) in [5.74, 6) is -1.25. The largest absolute Gasteiger partial charge is 0.462 e. The Bertz CT molecular complexity index is 602. The smallest absolute Gasteiger partial charge is 0.340 e. The topological polar surface area (TPSA) is 74.6 Å². The first-order chi connectivity index (χ1) is 9.60. The molecular weight excluding hydrogens is 262 g/mol. The van der Waals surface area contributed by atoms with Gasteiger partial charge in [0.1, 0.15) is 0 Å². The van der Waals surface area contributed by atoms with E-state index in [1.54, 1.807) is 13.8 Å². The van der Waals surface area contributed by atoms with E-state index >= 15 is 0 Å². The van der Waals surface area contributed by atoms with Crippen LogP contribution < -0.4 is 5.56 Å². The summed E-state index contributed by atoms with van der Waals surface area (Å²) in [6.45, 7) is 4.31. The van der Waals surface area contributed by atoms with Gasteiger partial charge >= 0.3 is 11.9 Å². The van der Waals surface area contributed by atoms with Crippen molar-refractivity contribution in [3.05, 3.63) is 33.2 Å². The van der Waals surface area contributed by atoms with Crippen molar-refractivity contribution in [2.75, 3.05) is 13.2 Å². The molecule has 0 aliphatic carbocycles. The maximum atomic E-state index is 12.1. The molecule has 6 nitrogen and oxygen atoms in total. The molecule has 1 aliphatic heterocycles. The summed E-state index contributed by atoms with van der Waals surface area (Å²) in [5, 5.41) is 0. The summed E-state index contributed by atoms with van der Waals surface area (Å²) >= 11 is 0. The normalized spacial score (nSPS) is 12.9. The minimum atomic E-state index is -0.664. The third kappa shape index (κ3) is 2.45. The summed E-state index contributed by atoms with van der Waals surface area (Å²) in [6, 6.07) is 1.17. The summed E-state index contributed by atoms with van der Waals surface area (Å²) < 4.78 is 11.4. The SMILES string of the molecule is CCOC(=O)c1cc(=O)n2c(c1C(=O)OCC)CCC2. The molecule has 2 rings (SSSR count). The van der Waals surface area contributed by atoms with E-state index in [4.69, 9.17) is 9.47 Å². The molecule has 0 amide bonds. The predicted molar refractivity (Wildman–Crippen MR) is 70.9 cm³/mol. The first-order valence-corrected chi connectivity index (χ1v) is 6.71. The van der Waals surface area contributed by atoms with Crippen LogP contribution in [0.5, 0.6) is 0 Å². The molecule has 0 saturated carbocycles. The fourth-order valence-electron chi connectivity index (χ4n) is 2.41. The lowest BCUT2D eigenvalue weighted by atomic mass is 10.0. The third-order valence-corrected chi connectivity index (χ3v) is 3.19. The van der Waals surface area contributed by atoms with Gasteiger partial charge in [-0.15, -0.1) is 0 Å². The Labute approximate surface area is 116 Å². The van der Waals surface area contributed by atoms with Gasteiger partial charge in [-0.05, 0) is 26.7 Å². The van der Waals surface area contributed by atoms with Crippen LogP contribution in [0.15, 0.2) is 10.9 Å². The molecule has 0 fully saturated rings. The number of aromatic nitrogens is 1. The summed E-state index contributed by atoms with van der Waals surface area (Å²) in [5.41, 5.74) is 0.457. The summed E-state index contributed by atoms with van der Waals surface area (Å²) in [6.07, 6.45) is 1.35. The molecule has 1 aromatic rings. The van der Waals surface area contributed by atoms with Crippen molar-refractivity contribution in [3.8, 4) is 0 Å². The van der Waals surface area contributed by atoms with Crippen molar-refractivity contribution in [2.24, 2.45) is 0 Å². The molecule has 0 spiro atoms. The highest BCUT2D eigenvalue weighted by Crippen LogP contribution is 2.22. The van der Waals surface area contributed by atoms with Gasteiger partial charge in [-0.3, -0.25) is 4.79 Å². The Morgan fingerprint density at radius 2 is 1.85 bits per heavy atom. The number of nitrogens with zero attached hydrogens (tertiary/aromatic N) is 1. The monoisotopic (exact) mass is 279 g/mol. The van der Waals surface area contributed by atoms with Crippen LogP contribution in [-0.4, -0.2) is 29.7 Å². The summed E-state index contributed by atoms with van der Waals surface area (Å²) in [7, 11) is 0. The molecule has 1 aromatic heterocycles. The maximum Gasteiger partial charge on any atom is 0.340 e. The quantitative estimate of drug-likeness (QED) is 0.773. The Hall–Kier alpha value is -2.11. The van der Waals surface area contributed by atoms with Gasteiger partial charge < -0.3 is 14.0 Å². The number of carbonyl (C=O) groups is 2. The van der Waals surface area contributed by atoms with Gasteiger partial charge in [-0.2, -0.15) is 0 Å². The van der Waals surface area contributed by atoms with E-state index in [1.807, 2.05) is 0 Å². The van der Waals surface area contributed by atoms with Gasteiger partial charge in [-0.25, -0.2) is 9.59 Å².